The van der Waals surface area contributed by atoms with Crippen LogP contribution in [0.2, 0.25) is 0 Å². The minimum absolute atomic E-state index is 0.0677. The van der Waals surface area contributed by atoms with Gasteiger partial charge in [0.1, 0.15) is 6.54 Å². The topological polar surface area (TPSA) is 62.5 Å². The molecule has 1 amide bonds. The number of amides is 1. The van der Waals surface area contributed by atoms with Crippen molar-refractivity contribution in [2.45, 2.75) is 26.3 Å². The van der Waals surface area contributed by atoms with Gasteiger partial charge >= 0.3 is 5.97 Å². The maximum absolute atomic E-state index is 11.9. The van der Waals surface area contributed by atoms with E-state index in [4.69, 9.17) is 5.11 Å². The normalized spacial score (nSPS) is 15.2. The number of aromatic carboxylic acids is 1. The largest absolute Gasteiger partial charge is 0.478 e. The number of hydrogen-bond donors (Lipinski definition) is 1. The van der Waals surface area contributed by atoms with Crippen LogP contribution in [0.5, 0.6) is 0 Å². The van der Waals surface area contributed by atoms with Crippen molar-refractivity contribution in [3.63, 3.8) is 0 Å². The molecule has 0 unspecified atom stereocenters. The third kappa shape index (κ3) is 2.33. The first-order valence-corrected chi connectivity index (χ1v) is 5.76. The highest BCUT2D eigenvalue weighted by Gasteiger charge is 2.19. The van der Waals surface area contributed by atoms with Crippen molar-refractivity contribution < 1.29 is 14.7 Å². The van der Waals surface area contributed by atoms with Crippen LogP contribution in [0.15, 0.2) is 12.3 Å². The Morgan fingerprint density at radius 3 is 2.53 bits per heavy atom. The summed E-state index contributed by atoms with van der Waals surface area (Å²) in [5.41, 5.74) is 0.893. The summed E-state index contributed by atoms with van der Waals surface area (Å²) in [5, 5.41) is 8.92. The summed E-state index contributed by atoms with van der Waals surface area (Å²) in [7, 11) is 0. The number of likely N-dealkylation sites (tertiary alicyclic amines) is 1. The van der Waals surface area contributed by atoms with E-state index in [1.165, 1.54) is 6.07 Å². The van der Waals surface area contributed by atoms with Crippen LogP contribution >= 0.6 is 0 Å². The van der Waals surface area contributed by atoms with Crippen LogP contribution in [0.25, 0.3) is 0 Å². The standard InChI is InChI=1S/C12H16N2O3/c1-9-10(12(16)17)4-7-14(9)8-11(15)13-5-2-3-6-13/h4,7H,2-3,5-6,8H2,1H3,(H,16,17). The van der Waals surface area contributed by atoms with Crippen molar-refractivity contribution in [3.05, 3.63) is 23.5 Å². The van der Waals surface area contributed by atoms with Crippen LogP contribution < -0.4 is 0 Å². The molecule has 1 aromatic rings. The lowest BCUT2D eigenvalue weighted by Gasteiger charge is -2.16. The quantitative estimate of drug-likeness (QED) is 0.855. The van der Waals surface area contributed by atoms with E-state index in [9.17, 15) is 9.59 Å². The third-order valence-corrected chi connectivity index (χ3v) is 3.24. The van der Waals surface area contributed by atoms with E-state index in [-0.39, 0.29) is 18.0 Å². The zero-order valence-corrected chi connectivity index (χ0v) is 9.85. The van der Waals surface area contributed by atoms with Crippen molar-refractivity contribution in [3.8, 4) is 0 Å². The van der Waals surface area contributed by atoms with Gasteiger partial charge in [-0.15, -0.1) is 0 Å². The van der Waals surface area contributed by atoms with Crippen LogP contribution in [-0.4, -0.2) is 39.5 Å². The molecule has 1 aliphatic heterocycles. The molecule has 0 saturated carbocycles. The molecule has 0 bridgehead atoms. The predicted octanol–water partition coefficient (Wildman–Crippen LogP) is 1.12. The van der Waals surface area contributed by atoms with Crippen molar-refractivity contribution in [1.82, 2.24) is 9.47 Å². The molecule has 0 radical (unpaired) electrons. The van der Waals surface area contributed by atoms with Gasteiger partial charge in [-0.3, -0.25) is 4.79 Å². The molecular weight excluding hydrogens is 220 g/mol. The summed E-state index contributed by atoms with van der Waals surface area (Å²) in [6.45, 7) is 3.61. The van der Waals surface area contributed by atoms with Crippen LogP contribution in [0.3, 0.4) is 0 Å². The summed E-state index contributed by atoms with van der Waals surface area (Å²) in [5.74, 6) is -0.881. The molecule has 0 spiro atoms. The Morgan fingerprint density at radius 1 is 1.35 bits per heavy atom. The van der Waals surface area contributed by atoms with E-state index in [1.807, 2.05) is 4.90 Å². The van der Waals surface area contributed by atoms with E-state index < -0.39 is 5.97 Å². The number of nitrogens with zero attached hydrogens (tertiary/aromatic N) is 2. The molecule has 0 atom stereocenters. The smallest absolute Gasteiger partial charge is 0.337 e. The van der Waals surface area contributed by atoms with Gasteiger partial charge in [-0.25, -0.2) is 4.79 Å². The Bertz CT molecular complexity index is 445. The summed E-state index contributed by atoms with van der Waals surface area (Å²) in [6.07, 6.45) is 3.79. The molecular formula is C12H16N2O3. The Balaban J connectivity index is 2.08. The second kappa shape index (κ2) is 4.61. The molecule has 1 aliphatic rings. The summed E-state index contributed by atoms with van der Waals surface area (Å²) < 4.78 is 1.70. The van der Waals surface area contributed by atoms with Gasteiger partial charge in [-0.05, 0) is 25.8 Å². The highest BCUT2D eigenvalue weighted by molar-refractivity contribution is 5.89. The van der Waals surface area contributed by atoms with Gasteiger partial charge < -0.3 is 14.6 Å². The third-order valence-electron chi connectivity index (χ3n) is 3.24. The van der Waals surface area contributed by atoms with Gasteiger partial charge in [-0.2, -0.15) is 0 Å². The summed E-state index contributed by atoms with van der Waals surface area (Å²) >= 11 is 0. The molecule has 1 N–H and O–H groups in total. The number of carboxylic acid groups (broad SMARTS) is 1. The van der Waals surface area contributed by atoms with Crippen LogP contribution in [0.4, 0.5) is 0 Å². The van der Waals surface area contributed by atoms with E-state index in [0.29, 0.717) is 5.69 Å². The van der Waals surface area contributed by atoms with Gasteiger partial charge in [-0.1, -0.05) is 0 Å². The monoisotopic (exact) mass is 236 g/mol. The zero-order valence-electron chi connectivity index (χ0n) is 9.85. The lowest BCUT2D eigenvalue weighted by Crippen LogP contribution is -2.31. The fraction of sp³-hybridized carbons (Fsp3) is 0.500. The molecule has 17 heavy (non-hydrogen) atoms. The molecule has 0 aliphatic carbocycles. The fourth-order valence-corrected chi connectivity index (χ4v) is 2.16. The molecule has 2 heterocycles. The minimum atomic E-state index is -0.949. The highest BCUT2D eigenvalue weighted by atomic mass is 16.4. The van der Waals surface area contributed by atoms with Crippen molar-refractivity contribution in [2.75, 3.05) is 13.1 Å². The Kier molecular flexibility index (Phi) is 3.17. The molecule has 1 saturated heterocycles. The first-order chi connectivity index (χ1) is 8.09. The Hall–Kier alpha value is -1.78. The molecule has 1 aromatic heterocycles. The van der Waals surface area contributed by atoms with Crippen molar-refractivity contribution in [2.24, 2.45) is 0 Å². The number of aromatic nitrogens is 1. The van der Waals surface area contributed by atoms with Gasteiger partial charge in [0, 0.05) is 25.0 Å². The fourth-order valence-electron chi connectivity index (χ4n) is 2.16. The van der Waals surface area contributed by atoms with Gasteiger partial charge in [0.05, 0.1) is 5.56 Å². The highest BCUT2D eigenvalue weighted by Crippen LogP contribution is 2.12. The number of hydrogen-bond acceptors (Lipinski definition) is 2. The Morgan fingerprint density at radius 2 is 2.00 bits per heavy atom. The second-order valence-corrected chi connectivity index (χ2v) is 4.34. The lowest BCUT2D eigenvalue weighted by molar-refractivity contribution is -0.130. The van der Waals surface area contributed by atoms with Crippen LogP contribution in [-0.2, 0) is 11.3 Å². The van der Waals surface area contributed by atoms with Crippen LogP contribution in [0, 0.1) is 6.92 Å². The number of carbonyl (C=O) groups is 2. The zero-order chi connectivity index (χ0) is 12.4. The van der Waals surface area contributed by atoms with Gasteiger partial charge in [0.25, 0.3) is 0 Å². The predicted molar refractivity (Wildman–Crippen MR) is 61.9 cm³/mol. The molecule has 92 valence electrons. The molecule has 1 fully saturated rings. The maximum Gasteiger partial charge on any atom is 0.337 e. The summed E-state index contributed by atoms with van der Waals surface area (Å²) in [4.78, 5) is 24.6. The lowest BCUT2D eigenvalue weighted by atomic mass is 10.2. The molecule has 5 nitrogen and oxygen atoms in total. The van der Waals surface area contributed by atoms with E-state index >= 15 is 0 Å². The number of rotatable bonds is 3. The second-order valence-electron chi connectivity index (χ2n) is 4.34. The first-order valence-electron chi connectivity index (χ1n) is 5.76. The van der Waals surface area contributed by atoms with Crippen molar-refractivity contribution >= 4 is 11.9 Å². The van der Waals surface area contributed by atoms with E-state index in [0.717, 1.165) is 25.9 Å². The summed E-state index contributed by atoms with van der Waals surface area (Å²) in [6, 6.07) is 1.54. The van der Waals surface area contributed by atoms with E-state index in [2.05, 4.69) is 0 Å². The average Bonchev–Trinajstić information content (AvgIpc) is 2.89. The number of carboxylic acids is 1. The van der Waals surface area contributed by atoms with Crippen molar-refractivity contribution in [1.29, 1.82) is 0 Å². The number of carbonyl (C=O) groups excluding carboxylic acids is 1. The average molecular weight is 236 g/mol. The van der Waals surface area contributed by atoms with Gasteiger partial charge in [0.15, 0.2) is 0 Å². The molecule has 2 rings (SSSR count). The van der Waals surface area contributed by atoms with Crippen LogP contribution in [0.1, 0.15) is 28.9 Å². The minimum Gasteiger partial charge on any atom is -0.478 e. The molecule has 0 aromatic carbocycles. The Labute approximate surface area is 99.6 Å². The van der Waals surface area contributed by atoms with E-state index in [1.54, 1.807) is 17.7 Å². The molecule has 5 heteroatoms. The SMILES string of the molecule is Cc1c(C(=O)O)ccn1CC(=O)N1CCCC1. The first kappa shape index (κ1) is 11.7. The van der Waals surface area contributed by atoms with Gasteiger partial charge in [0.2, 0.25) is 5.91 Å². The maximum atomic E-state index is 11.9.